The highest BCUT2D eigenvalue weighted by atomic mass is 16.4. The minimum atomic E-state index is -0.792. The van der Waals surface area contributed by atoms with Crippen LogP contribution in [0.1, 0.15) is 46.9 Å². The van der Waals surface area contributed by atoms with Crippen LogP contribution < -0.4 is 0 Å². The number of rotatable bonds is 6. The highest BCUT2D eigenvalue weighted by molar-refractivity contribution is 5.99. The summed E-state index contributed by atoms with van der Waals surface area (Å²) in [5.74, 6) is -0.791. The smallest absolute Gasteiger partial charge is 0.303 e. The van der Waals surface area contributed by atoms with Gasteiger partial charge in [-0.15, -0.1) is 0 Å². The second-order valence-electron chi connectivity index (χ2n) is 8.28. The van der Waals surface area contributed by atoms with Crippen molar-refractivity contribution < 1.29 is 19.5 Å². The van der Waals surface area contributed by atoms with Crippen molar-refractivity contribution in [1.29, 1.82) is 0 Å². The van der Waals surface area contributed by atoms with Gasteiger partial charge in [0.05, 0.1) is 0 Å². The third-order valence-electron chi connectivity index (χ3n) is 6.23. The van der Waals surface area contributed by atoms with Crippen LogP contribution in [-0.2, 0) is 4.79 Å². The number of likely N-dealkylation sites (tertiary alicyclic amines) is 1. The van der Waals surface area contributed by atoms with Crippen LogP contribution in [0.3, 0.4) is 0 Å². The molecule has 0 unspecified atom stereocenters. The molecule has 0 saturated carbocycles. The molecule has 1 aromatic carbocycles. The fourth-order valence-electron chi connectivity index (χ4n) is 4.48. The van der Waals surface area contributed by atoms with Gasteiger partial charge in [0.1, 0.15) is 0 Å². The number of piperidine rings is 1. The van der Waals surface area contributed by atoms with Crippen LogP contribution in [0, 0.1) is 5.92 Å². The van der Waals surface area contributed by atoms with Crippen LogP contribution in [0.25, 0.3) is 0 Å². The molecule has 0 bridgehead atoms. The molecule has 7 heteroatoms. The van der Waals surface area contributed by atoms with E-state index in [0.29, 0.717) is 36.7 Å². The van der Waals surface area contributed by atoms with Gasteiger partial charge in [0.2, 0.25) is 0 Å². The Morgan fingerprint density at radius 1 is 1.07 bits per heavy atom. The first-order chi connectivity index (χ1) is 13.8. The zero-order valence-electron chi connectivity index (χ0n) is 17.3. The lowest BCUT2D eigenvalue weighted by atomic mass is 9.86. The molecule has 1 N–H and O–H groups in total. The molecule has 2 atom stereocenters. The van der Waals surface area contributed by atoms with Crippen molar-refractivity contribution in [2.75, 3.05) is 46.3 Å². The van der Waals surface area contributed by atoms with E-state index in [1.54, 1.807) is 24.3 Å². The van der Waals surface area contributed by atoms with Crippen LogP contribution in [0.15, 0.2) is 24.3 Å². The van der Waals surface area contributed by atoms with Crippen LogP contribution >= 0.6 is 0 Å². The number of Topliss-reactive ketones (excluding diaryl/α,β-unsaturated/α-hetero) is 1. The number of hydrogen-bond donors (Lipinski definition) is 1. The van der Waals surface area contributed by atoms with Crippen molar-refractivity contribution in [3.05, 3.63) is 35.4 Å². The van der Waals surface area contributed by atoms with Gasteiger partial charge in [0.15, 0.2) is 5.78 Å². The van der Waals surface area contributed by atoms with Gasteiger partial charge in [-0.25, -0.2) is 0 Å². The van der Waals surface area contributed by atoms with Crippen molar-refractivity contribution in [1.82, 2.24) is 14.7 Å². The zero-order chi connectivity index (χ0) is 21.0. The molecule has 29 heavy (non-hydrogen) atoms. The molecule has 0 spiro atoms. The van der Waals surface area contributed by atoms with Crippen molar-refractivity contribution >= 4 is 17.7 Å². The van der Waals surface area contributed by atoms with Gasteiger partial charge >= 0.3 is 5.97 Å². The normalized spacial score (nSPS) is 23.7. The molecule has 7 nitrogen and oxygen atoms in total. The summed E-state index contributed by atoms with van der Waals surface area (Å²) >= 11 is 0. The van der Waals surface area contributed by atoms with E-state index in [2.05, 4.69) is 16.8 Å². The lowest BCUT2D eigenvalue weighted by molar-refractivity contribution is -0.137. The molecule has 2 fully saturated rings. The van der Waals surface area contributed by atoms with Crippen molar-refractivity contribution in [2.24, 2.45) is 5.92 Å². The van der Waals surface area contributed by atoms with Crippen LogP contribution in [0.4, 0.5) is 0 Å². The molecule has 2 heterocycles. The van der Waals surface area contributed by atoms with E-state index >= 15 is 0 Å². The molecular formula is C22H31N3O4. The van der Waals surface area contributed by atoms with Gasteiger partial charge in [-0.2, -0.15) is 0 Å². The van der Waals surface area contributed by atoms with E-state index in [1.165, 1.54) is 6.92 Å². The predicted molar refractivity (Wildman–Crippen MR) is 110 cm³/mol. The molecule has 1 aromatic rings. The van der Waals surface area contributed by atoms with E-state index < -0.39 is 5.97 Å². The molecule has 158 valence electrons. The number of piperazine rings is 1. The molecular weight excluding hydrogens is 370 g/mol. The zero-order valence-corrected chi connectivity index (χ0v) is 17.3. The first-order valence-electron chi connectivity index (χ1n) is 10.4. The van der Waals surface area contributed by atoms with E-state index in [0.717, 1.165) is 32.6 Å². The number of amides is 1. The molecule has 0 radical (unpaired) electrons. The minimum absolute atomic E-state index is 0.0623. The average Bonchev–Trinajstić information content (AvgIpc) is 2.72. The Kier molecular flexibility index (Phi) is 7.03. The number of nitrogens with zero attached hydrogens (tertiary/aromatic N) is 3. The summed E-state index contributed by atoms with van der Waals surface area (Å²) in [5.41, 5.74) is 1.05. The molecule has 2 aliphatic heterocycles. The number of carbonyl (C=O) groups excluding carboxylic acids is 2. The minimum Gasteiger partial charge on any atom is -0.481 e. The number of carboxylic acids is 1. The first-order valence-corrected chi connectivity index (χ1v) is 10.4. The Bertz CT molecular complexity index is 758. The number of carboxylic acid groups (broad SMARTS) is 1. The summed E-state index contributed by atoms with van der Waals surface area (Å²) in [6, 6.07) is 7.17. The van der Waals surface area contributed by atoms with E-state index in [9.17, 15) is 19.5 Å². The monoisotopic (exact) mass is 401 g/mol. The molecule has 3 rings (SSSR count). The maximum absolute atomic E-state index is 13.1. The fourth-order valence-corrected chi connectivity index (χ4v) is 4.48. The summed E-state index contributed by atoms with van der Waals surface area (Å²) in [7, 11) is 2.12. The maximum atomic E-state index is 13.1. The van der Waals surface area contributed by atoms with Gasteiger partial charge in [-0.1, -0.05) is 12.1 Å². The Morgan fingerprint density at radius 3 is 2.41 bits per heavy atom. The first kappa shape index (κ1) is 21.5. The van der Waals surface area contributed by atoms with Crippen LogP contribution in [-0.4, -0.2) is 89.8 Å². The topological polar surface area (TPSA) is 81.2 Å². The van der Waals surface area contributed by atoms with Crippen LogP contribution in [0.5, 0.6) is 0 Å². The molecule has 1 amide bonds. The van der Waals surface area contributed by atoms with Gasteiger partial charge < -0.3 is 14.9 Å². The van der Waals surface area contributed by atoms with Gasteiger partial charge in [-0.3, -0.25) is 19.3 Å². The number of benzene rings is 1. The number of hydrogen-bond acceptors (Lipinski definition) is 5. The summed E-state index contributed by atoms with van der Waals surface area (Å²) in [5, 5.41) is 9.18. The number of likely N-dealkylation sites (N-methyl/N-ethyl adjacent to an activating group) is 1. The second kappa shape index (κ2) is 9.50. The summed E-state index contributed by atoms with van der Waals surface area (Å²) in [4.78, 5) is 42.5. The lowest BCUT2D eigenvalue weighted by Crippen LogP contribution is -2.57. The number of ketones is 1. The molecule has 2 aliphatic rings. The van der Waals surface area contributed by atoms with E-state index in [-0.39, 0.29) is 24.0 Å². The van der Waals surface area contributed by atoms with Crippen molar-refractivity contribution in [3.63, 3.8) is 0 Å². The number of aliphatic carboxylic acids is 1. The second-order valence-corrected chi connectivity index (χ2v) is 8.28. The Balaban J connectivity index is 1.72. The quantitative estimate of drug-likeness (QED) is 0.733. The SMILES string of the molecule is CC(=O)c1cccc(C(=O)N2CC[C@@H](N3CCN(C)CC3)[C@@H](CCC(=O)O)C2)c1. The summed E-state index contributed by atoms with van der Waals surface area (Å²) in [6.07, 6.45) is 1.55. The van der Waals surface area contributed by atoms with Gasteiger partial charge in [0, 0.05) is 62.9 Å². The standard InChI is InChI=1S/C22H31N3O4/c1-16(26)17-4-3-5-18(14-17)22(29)25-9-8-20(19(15-25)6-7-21(27)28)24-12-10-23(2)11-13-24/h3-5,14,19-20H,6-13,15H2,1-2H3,(H,27,28)/t19-,20+/m0/s1. The molecule has 0 aliphatic carbocycles. The van der Waals surface area contributed by atoms with E-state index in [4.69, 9.17) is 0 Å². The summed E-state index contributed by atoms with van der Waals surface area (Å²) in [6.45, 7) is 6.72. The molecule has 0 aromatic heterocycles. The third kappa shape index (κ3) is 5.42. The van der Waals surface area contributed by atoms with Gasteiger partial charge in [-0.05, 0) is 44.9 Å². The highest BCUT2D eigenvalue weighted by Crippen LogP contribution is 2.28. The van der Waals surface area contributed by atoms with E-state index in [1.807, 2.05) is 4.90 Å². The Labute approximate surface area is 172 Å². The largest absolute Gasteiger partial charge is 0.481 e. The predicted octanol–water partition coefficient (Wildman–Crippen LogP) is 1.83. The fraction of sp³-hybridized carbons (Fsp3) is 0.591. The maximum Gasteiger partial charge on any atom is 0.303 e. The molecule has 2 saturated heterocycles. The summed E-state index contributed by atoms with van der Waals surface area (Å²) < 4.78 is 0. The third-order valence-corrected chi connectivity index (χ3v) is 6.23. The Hall–Kier alpha value is -2.25. The van der Waals surface area contributed by atoms with Crippen molar-refractivity contribution in [3.8, 4) is 0 Å². The van der Waals surface area contributed by atoms with Gasteiger partial charge in [0.25, 0.3) is 5.91 Å². The lowest BCUT2D eigenvalue weighted by Gasteiger charge is -2.46. The van der Waals surface area contributed by atoms with Crippen LogP contribution in [0.2, 0.25) is 0 Å². The van der Waals surface area contributed by atoms with Crippen molar-refractivity contribution in [2.45, 2.75) is 32.2 Å². The number of carbonyl (C=O) groups is 3. The Morgan fingerprint density at radius 2 is 1.76 bits per heavy atom. The highest BCUT2D eigenvalue weighted by Gasteiger charge is 2.36. The average molecular weight is 402 g/mol.